The molecule has 2 rings (SSSR count). The van der Waals surface area contributed by atoms with Gasteiger partial charge in [0.2, 0.25) is 0 Å². The molecule has 0 saturated heterocycles. The lowest BCUT2D eigenvalue weighted by atomic mass is 10.2. The number of hydrogen-bond donors (Lipinski definition) is 0. The molecule has 0 aliphatic heterocycles. The largest absolute Gasteiger partial charge is 0.494 e. The molecule has 15 heavy (non-hydrogen) atoms. The molecule has 0 aromatic heterocycles. The molecule has 0 N–H and O–H groups in total. The minimum Gasteiger partial charge on any atom is -0.494 e. The highest BCUT2D eigenvalue weighted by Gasteiger charge is 2.20. The number of carbonyl (C=O) groups is 1. The molecule has 2 nitrogen and oxygen atoms in total. The van der Waals surface area contributed by atoms with E-state index >= 15 is 0 Å². The Morgan fingerprint density at radius 1 is 1.47 bits per heavy atom. The monoisotopic (exact) mass is 268 g/mol. The average Bonchev–Trinajstić information content (AvgIpc) is 3.02. The van der Waals surface area contributed by atoms with Crippen LogP contribution < -0.4 is 4.74 Å². The van der Waals surface area contributed by atoms with Gasteiger partial charge in [-0.15, -0.1) is 0 Å². The number of carbonyl (C=O) groups excluding carboxylic acids is 1. The fourth-order valence-electron chi connectivity index (χ4n) is 1.44. The predicted molar refractivity (Wildman–Crippen MR) is 62.4 cm³/mol. The van der Waals surface area contributed by atoms with Crippen molar-refractivity contribution in [2.75, 3.05) is 6.61 Å². The number of rotatable bonds is 5. The van der Waals surface area contributed by atoms with Crippen molar-refractivity contribution in [1.82, 2.24) is 0 Å². The van der Waals surface area contributed by atoms with Gasteiger partial charge in [0.15, 0.2) is 6.29 Å². The fourth-order valence-corrected chi connectivity index (χ4v) is 1.89. The Labute approximate surface area is 97.8 Å². The van der Waals surface area contributed by atoms with E-state index in [0.29, 0.717) is 5.56 Å². The van der Waals surface area contributed by atoms with Gasteiger partial charge in [-0.1, -0.05) is 12.8 Å². The van der Waals surface area contributed by atoms with Gasteiger partial charge in [0.05, 0.1) is 6.61 Å². The van der Waals surface area contributed by atoms with Gasteiger partial charge in [-0.05, 0) is 46.5 Å². The van der Waals surface area contributed by atoms with E-state index in [-0.39, 0.29) is 0 Å². The molecule has 3 heteroatoms. The maximum Gasteiger partial charge on any atom is 0.151 e. The van der Waals surface area contributed by atoms with Crippen LogP contribution in [0.4, 0.5) is 0 Å². The van der Waals surface area contributed by atoms with Crippen molar-refractivity contribution in [2.24, 2.45) is 5.92 Å². The Morgan fingerprint density at radius 3 is 2.87 bits per heavy atom. The molecule has 1 aliphatic rings. The summed E-state index contributed by atoms with van der Waals surface area (Å²) in [5, 5.41) is 0. The molecule has 1 saturated carbocycles. The molecular formula is C12H13BrO2. The number of benzene rings is 1. The fraction of sp³-hybridized carbons (Fsp3) is 0.417. The topological polar surface area (TPSA) is 26.3 Å². The van der Waals surface area contributed by atoms with Gasteiger partial charge >= 0.3 is 0 Å². The van der Waals surface area contributed by atoms with Crippen LogP contribution in [0, 0.1) is 5.92 Å². The van der Waals surface area contributed by atoms with E-state index in [1.807, 2.05) is 12.1 Å². The SMILES string of the molecule is O=Cc1ccc(OCCC2CC2)cc1Br. The first-order valence-electron chi connectivity index (χ1n) is 5.17. The summed E-state index contributed by atoms with van der Waals surface area (Å²) < 4.78 is 6.38. The summed E-state index contributed by atoms with van der Waals surface area (Å²) in [4.78, 5) is 10.6. The van der Waals surface area contributed by atoms with Crippen molar-refractivity contribution in [3.05, 3.63) is 28.2 Å². The average molecular weight is 269 g/mol. The number of halogens is 1. The first-order valence-corrected chi connectivity index (χ1v) is 5.96. The van der Waals surface area contributed by atoms with Gasteiger partial charge < -0.3 is 4.74 Å². The van der Waals surface area contributed by atoms with E-state index < -0.39 is 0 Å². The van der Waals surface area contributed by atoms with Crippen LogP contribution in [-0.2, 0) is 0 Å². The molecule has 1 aromatic rings. The van der Waals surface area contributed by atoms with Crippen LogP contribution in [0.1, 0.15) is 29.6 Å². The molecular weight excluding hydrogens is 256 g/mol. The standard InChI is InChI=1S/C12H13BrO2/c13-12-7-11(4-3-10(12)8-14)15-6-5-9-1-2-9/h3-4,7-9H,1-2,5-6H2. The summed E-state index contributed by atoms with van der Waals surface area (Å²) in [6.45, 7) is 0.775. The Kier molecular flexibility index (Phi) is 3.41. The third kappa shape index (κ3) is 3.06. The maximum atomic E-state index is 10.6. The lowest BCUT2D eigenvalue weighted by molar-refractivity contribution is 0.112. The van der Waals surface area contributed by atoms with E-state index in [2.05, 4.69) is 15.9 Å². The van der Waals surface area contributed by atoms with Crippen molar-refractivity contribution in [1.29, 1.82) is 0 Å². The molecule has 0 bridgehead atoms. The zero-order valence-corrected chi connectivity index (χ0v) is 10.00. The minimum atomic E-state index is 0.657. The van der Waals surface area contributed by atoms with Gasteiger partial charge in [-0.2, -0.15) is 0 Å². The molecule has 0 unspecified atom stereocenters. The summed E-state index contributed by atoms with van der Waals surface area (Å²) >= 11 is 3.33. The van der Waals surface area contributed by atoms with E-state index in [1.165, 1.54) is 12.8 Å². The molecule has 80 valence electrons. The van der Waals surface area contributed by atoms with E-state index in [4.69, 9.17) is 4.74 Å². The van der Waals surface area contributed by atoms with Crippen molar-refractivity contribution >= 4 is 22.2 Å². The number of aldehydes is 1. The summed E-state index contributed by atoms with van der Waals surface area (Å²) in [7, 11) is 0. The van der Waals surface area contributed by atoms with Crippen LogP contribution in [0.5, 0.6) is 5.75 Å². The molecule has 1 aliphatic carbocycles. The van der Waals surface area contributed by atoms with Crippen LogP contribution in [0.25, 0.3) is 0 Å². The zero-order valence-electron chi connectivity index (χ0n) is 8.41. The lowest BCUT2D eigenvalue weighted by Crippen LogP contribution is -1.98. The lowest BCUT2D eigenvalue weighted by Gasteiger charge is -2.06. The Bertz CT molecular complexity index is 359. The van der Waals surface area contributed by atoms with Gasteiger partial charge in [-0.3, -0.25) is 4.79 Å². The van der Waals surface area contributed by atoms with Crippen LogP contribution in [-0.4, -0.2) is 12.9 Å². The number of hydrogen-bond acceptors (Lipinski definition) is 2. The summed E-state index contributed by atoms with van der Waals surface area (Å²) in [6.07, 6.45) is 4.69. The van der Waals surface area contributed by atoms with Crippen molar-refractivity contribution in [2.45, 2.75) is 19.3 Å². The zero-order chi connectivity index (χ0) is 10.7. The highest BCUT2D eigenvalue weighted by Crippen LogP contribution is 2.32. The quantitative estimate of drug-likeness (QED) is 0.765. The smallest absolute Gasteiger partial charge is 0.151 e. The summed E-state index contributed by atoms with van der Waals surface area (Å²) in [5.41, 5.74) is 0.657. The van der Waals surface area contributed by atoms with Gasteiger partial charge in [0.1, 0.15) is 5.75 Å². The first kappa shape index (κ1) is 10.7. The van der Waals surface area contributed by atoms with E-state index in [0.717, 1.165) is 35.5 Å². The van der Waals surface area contributed by atoms with E-state index in [1.54, 1.807) is 6.07 Å². The van der Waals surface area contributed by atoms with Crippen LogP contribution in [0.2, 0.25) is 0 Å². The van der Waals surface area contributed by atoms with E-state index in [9.17, 15) is 4.79 Å². The first-order chi connectivity index (χ1) is 7.29. The Balaban J connectivity index is 1.89. The van der Waals surface area contributed by atoms with Crippen LogP contribution in [0.15, 0.2) is 22.7 Å². The molecule has 0 heterocycles. The molecule has 0 spiro atoms. The molecule has 1 aromatic carbocycles. The second-order valence-electron chi connectivity index (χ2n) is 3.88. The van der Waals surface area contributed by atoms with Crippen LogP contribution in [0.3, 0.4) is 0 Å². The van der Waals surface area contributed by atoms with Crippen molar-refractivity contribution in [3.63, 3.8) is 0 Å². The van der Waals surface area contributed by atoms with Crippen LogP contribution >= 0.6 is 15.9 Å². The van der Waals surface area contributed by atoms with Gasteiger partial charge in [0.25, 0.3) is 0 Å². The molecule has 0 atom stereocenters. The third-order valence-corrected chi connectivity index (χ3v) is 3.28. The van der Waals surface area contributed by atoms with Crippen molar-refractivity contribution in [3.8, 4) is 5.75 Å². The van der Waals surface area contributed by atoms with Gasteiger partial charge in [0, 0.05) is 10.0 Å². The summed E-state index contributed by atoms with van der Waals surface area (Å²) in [5.74, 6) is 1.72. The highest BCUT2D eigenvalue weighted by atomic mass is 79.9. The minimum absolute atomic E-state index is 0.657. The second kappa shape index (κ2) is 4.79. The normalized spacial score (nSPS) is 15.0. The predicted octanol–water partition coefficient (Wildman–Crippen LogP) is 3.44. The second-order valence-corrected chi connectivity index (χ2v) is 4.74. The molecule has 1 fully saturated rings. The highest BCUT2D eigenvalue weighted by molar-refractivity contribution is 9.10. The van der Waals surface area contributed by atoms with Gasteiger partial charge in [-0.25, -0.2) is 0 Å². The molecule has 0 amide bonds. The Morgan fingerprint density at radius 2 is 2.27 bits per heavy atom. The number of ether oxygens (including phenoxy) is 1. The maximum absolute atomic E-state index is 10.6. The molecule has 0 radical (unpaired) electrons. The summed E-state index contributed by atoms with van der Waals surface area (Å²) in [6, 6.07) is 5.45. The Hall–Kier alpha value is -0.830. The third-order valence-electron chi connectivity index (χ3n) is 2.59. The van der Waals surface area contributed by atoms with Crippen molar-refractivity contribution < 1.29 is 9.53 Å².